The molecular weight excluding hydrogens is 277 g/mol. The molecule has 0 radical (unpaired) electrons. The summed E-state index contributed by atoms with van der Waals surface area (Å²) in [5.41, 5.74) is 0.763. The molecule has 19 heavy (non-hydrogen) atoms. The second-order valence-corrected chi connectivity index (χ2v) is 4.51. The number of rotatable bonds is 2. The molecule has 0 N–H and O–H groups in total. The topological polar surface area (TPSA) is 26.3 Å². The van der Waals surface area contributed by atoms with Gasteiger partial charge in [-0.15, -0.1) is 0 Å². The summed E-state index contributed by atoms with van der Waals surface area (Å²) in [4.78, 5) is 11.5. The summed E-state index contributed by atoms with van der Waals surface area (Å²) in [7, 11) is 1.26. The van der Waals surface area contributed by atoms with Crippen molar-refractivity contribution in [3.05, 3.63) is 46.2 Å². The minimum Gasteiger partial charge on any atom is -0.465 e. The van der Waals surface area contributed by atoms with Crippen LogP contribution < -0.4 is 0 Å². The molecule has 1 aromatic heterocycles. The van der Waals surface area contributed by atoms with Gasteiger partial charge in [0, 0.05) is 10.9 Å². The highest BCUT2D eigenvalue weighted by molar-refractivity contribution is 7.08. The molecule has 0 fully saturated rings. The Morgan fingerprint density at radius 1 is 1.16 bits per heavy atom. The van der Waals surface area contributed by atoms with Crippen LogP contribution in [0.2, 0.25) is 0 Å². The lowest BCUT2D eigenvalue weighted by atomic mass is 10.0. The fourth-order valence-electron chi connectivity index (χ4n) is 1.63. The number of benzene rings is 1. The minimum atomic E-state index is -4.36. The molecule has 0 atom stereocenters. The number of esters is 1. The number of thiophene rings is 1. The van der Waals surface area contributed by atoms with E-state index in [1.54, 1.807) is 10.8 Å². The van der Waals surface area contributed by atoms with Gasteiger partial charge in [-0.05, 0) is 23.1 Å². The Labute approximate surface area is 111 Å². The van der Waals surface area contributed by atoms with Crippen LogP contribution in [0, 0.1) is 0 Å². The normalized spacial score (nSPS) is 11.4. The fourth-order valence-corrected chi connectivity index (χ4v) is 2.45. The number of carbonyl (C=O) groups is 1. The first-order valence-corrected chi connectivity index (χ1v) is 6.20. The maximum absolute atomic E-state index is 12.5. The molecule has 2 nitrogen and oxygen atoms in total. The summed E-state index contributed by atoms with van der Waals surface area (Å²) < 4.78 is 42.0. The van der Waals surface area contributed by atoms with Crippen LogP contribution in [0.4, 0.5) is 13.2 Å². The summed E-state index contributed by atoms with van der Waals surface area (Å²) in [6, 6.07) is 4.68. The van der Waals surface area contributed by atoms with Crippen LogP contribution in [0.25, 0.3) is 11.1 Å². The summed E-state index contributed by atoms with van der Waals surface area (Å²) in [6.07, 6.45) is -4.36. The third-order valence-corrected chi connectivity index (χ3v) is 3.33. The van der Waals surface area contributed by atoms with Crippen LogP contribution in [0.3, 0.4) is 0 Å². The van der Waals surface area contributed by atoms with Crippen LogP contribution in [-0.2, 0) is 10.9 Å². The van der Waals surface area contributed by atoms with Crippen LogP contribution in [-0.4, -0.2) is 13.1 Å². The number of alkyl halides is 3. The Balaban J connectivity index is 2.38. The highest BCUT2D eigenvalue weighted by Crippen LogP contribution is 2.33. The lowest BCUT2D eigenvalue weighted by Crippen LogP contribution is -2.04. The molecule has 2 aromatic rings. The van der Waals surface area contributed by atoms with Gasteiger partial charge >= 0.3 is 12.1 Å². The quantitative estimate of drug-likeness (QED) is 0.773. The van der Waals surface area contributed by atoms with Crippen molar-refractivity contribution >= 4 is 17.3 Å². The molecule has 1 aromatic carbocycles. The Kier molecular flexibility index (Phi) is 3.61. The van der Waals surface area contributed by atoms with Gasteiger partial charge in [-0.2, -0.15) is 24.5 Å². The summed E-state index contributed by atoms with van der Waals surface area (Å²) >= 11 is 1.29. The molecule has 0 aliphatic heterocycles. The third kappa shape index (κ3) is 2.78. The molecule has 0 spiro atoms. The van der Waals surface area contributed by atoms with E-state index in [2.05, 4.69) is 4.74 Å². The fraction of sp³-hybridized carbons (Fsp3) is 0.154. The van der Waals surface area contributed by atoms with Crippen molar-refractivity contribution in [2.45, 2.75) is 6.18 Å². The van der Waals surface area contributed by atoms with Gasteiger partial charge in [0.2, 0.25) is 0 Å². The predicted octanol–water partition coefficient (Wildman–Crippen LogP) is 4.22. The molecule has 6 heteroatoms. The number of halogens is 3. The van der Waals surface area contributed by atoms with Gasteiger partial charge in [0.25, 0.3) is 0 Å². The van der Waals surface area contributed by atoms with Gasteiger partial charge < -0.3 is 4.74 Å². The Morgan fingerprint density at radius 2 is 1.79 bits per heavy atom. The highest BCUT2D eigenvalue weighted by atomic mass is 32.1. The standard InChI is InChI=1S/C13H9F3O2S/c1-18-12(17)11-7-19-6-10(11)8-2-4-9(5-3-8)13(14,15)16/h2-7H,1H3. The van der Waals surface area contributed by atoms with Crippen molar-refractivity contribution in [2.24, 2.45) is 0 Å². The molecule has 0 unspecified atom stereocenters. The van der Waals surface area contributed by atoms with Crippen molar-refractivity contribution in [3.8, 4) is 11.1 Å². The van der Waals surface area contributed by atoms with E-state index in [0.29, 0.717) is 16.7 Å². The van der Waals surface area contributed by atoms with E-state index in [9.17, 15) is 18.0 Å². The lowest BCUT2D eigenvalue weighted by Gasteiger charge is -2.08. The summed E-state index contributed by atoms with van der Waals surface area (Å²) in [6.45, 7) is 0. The molecule has 0 aliphatic rings. The van der Waals surface area contributed by atoms with Gasteiger partial charge in [0.05, 0.1) is 18.2 Å². The Hall–Kier alpha value is -1.82. The third-order valence-electron chi connectivity index (χ3n) is 2.59. The Morgan fingerprint density at radius 3 is 2.32 bits per heavy atom. The van der Waals surface area contributed by atoms with Crippen molar-refractivity contribution in [3.63, 3.8) is 0 Å². The Bertz CT molecular complexity index is 585. The van der Waals surface area contributed by atoms with E-state index in [0.717, 1.165) is 12.1 Å². The zero-order chi connectivity index (χ0) is 14.0. The molecule has 0 bridgehead atoms. The average Bonchev–Trinajstić information content (AvgIpc) is 2.86. The molecule has 0 aliphatic carbocycles. The summed E-state index contributed by atoms with van der Waals surface area (Å²) in [5.74, 6) is -0.504. The molecular formula is C13H9F3O2S. The maximum Gasteiger partial charge on any atom is 0.416 e. The van der Waals surface area contributed by atoms with Crippen LogP contribution >= 0.6 is 11.3 Å². The molecule has 0 saturated carbocycles. The largest absolute Gasteiger partial charge is 0.465 e. The zero-order valence-electron chi connectivity index (χ0n) is 9.82. The van der Waals surface area contributed by atoms with Gasteiger partial charge in [0.15, 0.2) is 0 Å². The molecule has 0 amide bonds. The zero-order valence-corrected chi connectivity index (χ0v) is 10.6. The van der Waals surface area contributed by atoms with E-state index in [4.69, 9.17) is 0 Å². The molecule has 1 heterocycles. The first-order valence-electron chi connectivity index (χ1n) is 5.25. The second-order valence-electron chi connectivity index (χ2n) is 3.77. The highest BCUT2D eigenvalue weighted by Gasteiger charge is 2.30. The predicted molar refractivity (Wildman–Crippen MR) is 66.1 cm³/mol. The average molecular weight is 286 g/mol. The van der Waals surface area contributed by atoms with Crippen molar-refractivity contribution in [1.29, 1.82) is 0 Å². The van der Waals surface area contributed by atoms with Crippen LogP contribution in [0.5, 0.6) is 0 Å². The number of carbonyl (C=O) groups excluding carboxylic acids is 1. The molecule has 100 valence electrons. The van der Waals surface area contributed by atoms with Crippen LogP contribution in [0.15, 0.2) is 35.0 Å². The summed E-state index contributed by atoms with van der Waals surface area (Å²) in [5, 5.41) is 3.31. The van der Waals surface area contributed by atoms with Crippen molar-refractivity contribution in [2.75, 3.05) is 7.11 Å². The van der Waals surface area contributed by atoms with E-state index in [1.165, 1.54) is 30.6 Å². The van der Waals surface area contributed by atoms with E-state index >= 15 is 0 Å². The van der Waals surface area contributed by atoms with Crippen LogP contribution in [0.1, 0.15) is 15.9 Å². The lowest BCUT2D eigenvalue weighted by molar-refractivity contribution is -0.137. The van der Waals surface area contributed by atoms with E-state index < -0.39 is 17.7 Å². The first kappa shape index (κ1) is 13.6. The van der Waals surface area contributed by atoms with Gasteiger partial charge in [-0.3, -0.25) is 0 Å². The number of ether oxygens (including phenoxy) is 1. The molecule has 2 rings (SSSR count). The van der Waals surface area contributed by atoms with E-state index in [1.807, 2.05) is 0 Å². The van der Waals surface area contributed by atoms with Gasteiger partial charge in [-0.25, -0.2) is 4.79 Å². The number of hydrogen-bond acceptors (Lipinski definition) is 3. The number of hydrogen-bond donors (Lipinski definition) is 0. The van der Waals surface area contributed by atoms with Gasteiger partial charge in [-0.1, -0.05) is 12.1 Å². The minimum absolute atomic E-state index is 0.354. The maximum atomic E-state index is 12.5. The van der Waals surface area contributed by atoms with E-state index in [-0.39, 0.29) is 0 Å². The second kappa shape index (κ2) is 5.05. The number of methoxy groups -OCH3 is 1. The van der Waals surface area contributed by atoms with Crippen molar-refractivity contribution < 1.29 is 22.7 Å². The van der Waals surface area contributed by atoms with Gasteiger partial charge in [0.1, 0.15) is 0 Å². The van der Waals surface area contributed by atoms with Crippen molar-refractivity contribution in [1.82, 2.24) is 0 Å². The first-order chi connectivity index (χ1) is 8.93. The monoisotopic (exact) mass is 286 g/mol. The smallest absolute Gasteiger partial charge is 0.416 e. The molecule has 0 saturated heterocycles. The SMILES string of the molecule is COC(=O)c1cscc1-c1ccc(C(F)(F)F)cc1.